The number of benzene rings is 1. The van der Waals surface area contributed by atoms with Crippen molar-refractivity contribution in [3.8, 4) is 0 Å². The molecule has 0 heterocycles. The molecule has 1 aromatic carbocycles. The molecule has 80 valence electrons. The maximum atomic E-state index is 11.3. The molecule has 1 rings (SSSR count). The van der Waals surface area contributed by atoms with E-state index in [9.17, 15) is 9.59 Å². The van der Waals surface area contributed by atoms with Gasteiger partial charge in [0, 0.05) is 5.56 Å². The van der Waals surface area contributed by atoms with Crippen LogP contribution in [0.2, 0.25) is 0 Å². The summed E-state index contributed by atoms with van der Waals surface area (Å²) in [6.45, 7) is 1.70. The molecule has 1 amide bonds. The zero-order valence-electron chi connectivity index (χ0n) is 8.37. The quantitative estimate of drug-likeness (QED) is 0.626. The average Bonchev–Trinajstić information content (AvgIpc) is 2.27. The van der Waals surface area contributed by atoms with Crippen molar-refractivity contribution in [2.75, 3.05) is 5.88 Å². The molecule has 0 fully saturated rings. The Morgan fingerprint density at radius 2 is 2.13 bits per heavy atom. The van der Waals surface area contributed by atoms with E-state index in [1.54, 1.807) is 31.2 Å². The van der Waals surface area contributed by atoms with Crippen molar-refractivity contribution in [3.63, 3.8) is 0 Å². The van der Waals surface area contributed by atoms with Gasteiger partial charge in [0.2, 0.25) is 5.91 Å². The summed E-state index contributed by atoms with van der Waals surface area (Å²) in [4.78, 5) is 22.3. The molecule has 3 nitrogen and oxygen atoms in total. The number of nitrogens with two attached hydrogens (primary N) is 1. The summed E-state index contributed by atoms with van der Waals surface area (Å²) in [5.74, 6) is -1.03. The lowest BCUT2D eigenvalue weighted by Crippen LogP contribution is -2.19. The first-order valence-corrected chi connectivity index (χ1v) is 5.08. The third-order valence-electron chi connectivity index (χ3n) is 2.26. The van der Waals surface area contributed by atoms with Gasteiger partial charge in [-0.15, -0.1) is 11.6 Å². The van der Waals surface area contributed by atoms with E-state index in [0.717, 1.165) is 5.56 Å². The number of carbonyl (C=O) groups excluding carboxylic acids is 2. The maximum absolute atomic E-state index is 11.3. The Labute approximate surface area is 93.2 Å². The highest BCUT2D eigenvalue weighted by atomic mass is 35.5. The first kappa shape index (κ1) is 11.7. The van der Waals surface area contributed by atoms with E-state index in [4.69, 9.17) is 17.3 Å². The molecule has 1 atom stereocenters. The molecular formula is C11H12ClNO2. The highest BCUT2D eigenvalue weighted by molar-refractivity contribution is 6.30. The van der Waals surface area contributed by atoms with Crippen molar-refractivity contribution in [1.29, 1.82) is 0 Å². The maximum Gasteiger partial charge on any atom is 0.224 e. The van der Waals surface area contributed by atoms with Gasteiger partial charge in [0.1, 0.15) is 0 Å². The van der Waals surface area contributed by atoms with Crippen LogP contribution in [0.5, 0.6) is 0 Å². The van der Waals surface area contributed by atoms with Gasteiger partial charge in [0.05, 0.1) is 11.8 Å². The summed E-state index contributed by atoms with van der Waals surface area (Å²) in [5, 5.41) is 0. The van der Waals surface area contributed by atoms with Gasteiger partial charge in [-0.2, -0.15) is 0 Å². The van der Waals surface area contributed by atoms with Gasteiger partial charge in [0.15, 0.2) is 5.78 Å². The van der Waals surface area contributed by atoms with E-state index in [-0.39, 0.29) is 11.7 Å². The lowest BCUT2D eigenvalue weighted by Gasteiger charge is -2.08. The van der Waals surface area contributed by atoms with Gasteiger partial charge < -0.3 is 5.73 Å². The van der Waals surface area contributed by atoms with Crippen molar-refractivity contribution < 1.29 is 9.59 Å². The Hall–Kier alpha value is -1.35. The van der Waals surface area contributed by atoms with Crippen LogP contribution in [0.15, 0.2) is 24.3 Å². The van der Waals surface area contributed by atoms with E-state index >= 15 is 0 Å². The number of hydrogen-bond acceptors (Lipinski definition) is 2. The third kappa shape index (κ3) is 2.80. The molecule has 0 aromatic heterocycles. The first-order chi connectivity index (χ1) is 7.06. The molecule has 0 bridgehead atoms. The van der Waals surface area contributed by atoms with Crippen LogP contribution in [0.25, 0.3) is 0 Å². The minimum absolute atomic E-state index is 0.0611. The van der Waals surface area contributed by atoms with E-state index in [1.807, 2.05) is 0 Å². The summed E-state index contributed by atoms with van der Waals surface area (Å²) in [5.41, 5.74) is 6.42. The van der Waals surface area contributed by atoms with Crippen molar-refractivity contribution in [3.05, 3.63) is 35.4 Å². The molecule has 15 heavy (non-hydrogen) atoms. The normalized spacial score (nSPS) is 12.1. The molecule has 0 aliphatic rings. The standard InChI is InChI=1S/C11H12ClNO2/c1-7(11(13)15)8-3-2-4-9(5-8)10(14)6-12/h2-5,7H,6H2,1H3,(H2,13,15). The third-order valence-corrected chi connectivity index (χ3v) is 2.50. The largest absolute Gasteiger partial charge is 0.369 e. The van der Waals surface area contributed by atoms with Crippen LogP contribution in [0.4, 0.5) is 0 Å². The van der Waals surface area contributed by atoms with Crippen LogP contribution < -0.4 is 5.73 Å². The van der Waals surface area contributed by atoms with Crippen LogP contribution in [-0.4, -0.2) is 17.6 Å². The fraction of sp³-hybridized carbons (Fsp3) is 0.273. The number of Topliss-reactive ketones (excluding diaryl/α,β-unsaturated/α-hetero) is 1. The molecule has 0 aliphatic heterocycles. The number of alkyl halides is 1. The van der Waals surface area contributed by atoms with Gasteiger partial charge >= 0.3 is 0 Å². The van der Waals surface area contributed by atoms with E-state index in [0.29, 0.717) is 5.56 Å². The van der Waals surface area contributed by atoms with E-state index in [2.05, 4.69) is 0 Å². The Kier molecular flexibility index (Phi) is 3.86. The Morgan fingerprint density at radius 3 is 2.67 bits per heavy atom. The summed E-state index contributed by atoms with van der Waals surface area (Å²) in [6.07, 6.45) is 0. The molecule has 0 radical (unpaired) electrons. The van der Waals surface area contributed by atoms with Gasteiger partial charge in [0.25, 0.3) is 0 Å². The SMILES string of the molecule is CC(C(N)=O)c1cccc(C(=O)CCl)c1. The Morgan fingerprint density at radius 1 is 1.47 bits per heavy atom. The minimum Gasteiger partial charge on any atom is -0.369 e. The summed E-state index contributed by atoms with van der Waals surface area (Å²) in [7, 11) is 0. The van der Waals surface area contributed by atoms with Gasteiger partial charge in [-0.3, -0.25) is 9.59 Å². The van der Waals surface area contributed by atoms with Crippen LogP contribution in [-0.2, 0) is 4.79 Å². The zero-order chi connectivity index (χ0) is 11.4. The molecule has 0 aliphatic carbocycles. The Balaban J connectivity index is 3.02. The highest BCUT2D eigenvalue weighted by Gasteiger charge is 2.13. The number of rotatable bonds is 4. The molecule has 4 heteroatoms. The molecule has 1 unspecified atom stereocenters. The number of carbonyl (C=O) groups is 2. The molecule has 0 spiro atoms. The Bertz CT molecular complexity index is 390. The first-order valence-electron chi connectivity index (χ1n) is 4.54. The fourth-order valence-electron chi connectivity index (χ4n) is 1.22. The van der Waals surface area contributed by atoms with Gasteiger partial charge in [-0.25, -0.2) is 0 Å². The van der Waals surface area contributed by atoms with Crippen molar-refractivity contribution in [2.24, 2.45) is 5.73 Å². The number of ketones is 1. The predicted molar refractivity (Wildman–Crippen MR) is 59.1 cm³/mol. The van der Waals surface area contributed by atoms with Crippen LogP contribution in [0.3, 0.4) is 0 Å². The summed E-state index contributed by atoms with van der Waals surface area (Å²) >= 11 is 5.44. The minimum atomic E-state index is -0.412. The number of primary amides is 1. The molecule has 0 saturated heterocycles. The lowest BCUT2D eigenvalue weighted by atomic mass is 9.97. The van der Waals surface area contributed by atoms with Gasteiger partial charge in [-0.05, 0) is 18.6 Å². The lowest BCUT2D eigenvalue weighted by molar-refractivity contribution is -0.119. The van der Waals surface area contributed by atoms with Crippen molar-refractivity contribution in [1.82, 2.24) is 0 Å². The van der Waals surface area contributed by atoms with Crippen LogP contribution in [0, 0.1) is 0 Å². The monoisotopic (exact) mass is 225 g/mol. The molecule has 2 N–H and O–H groups in total. The van der Waals surface area contributed by atoms with Crippen LogP contribution in [0.1, 0.15) is 28.8 Å². The number of hydrogen-bond donors (Lipinski definition) is 1. The predicted octanol–water partition coefficient (Wildman–Crippen LogP) is 1.70. The molecule has 0 saturated carbocycles. The van der Waals surface area contributed by atoms with Gasteiger partial charge in [-0.1, -0.05) is 18.2 Å². The smallest absolute Gasteiger partial charge is 0.224 e. The second kappa shape index (κ2) is 4.94. The van der Waals surface area contributed by atoms with Crippen molar-refractivity contribution >= 4 is 23.3 Å². The topological polar surface area (TPSA) is 60.2 Å². The molecular weight excluding hydrogens is 214 g/mol. The second-order valence-electron chi connectivity index (χ2n) is 3.31. The zero-order valence-corrected chi connectivity index (χ0v) is 9.12. The molecule has 1 aromatic rings. The second-order valence-corrected chi connectivity index (χ2v) is 3.57. The van der Waals surface area contributed by atoms with E-state index in [1.165, 1.54) is 0 Å². The van der Waals surface area contributed by atoms with E-state index < -0.39 is 11.8 Å². The summed E-state index contributed by atoms with van der Waals surface area (Å²) < 4.78 is 0. The van der Waals surface area contributed by atoms with Crippen molar-refractivity contribution in [2.45, 2.75) is 12.8 Å². The van der Waals surface area contributed by atoms with Crippen LogP contribution >= 0.6 is 11.6 Å². The number of amides is 1. The summed E-state index contributed by atoms with van der Waals surface area (Å²) in [6, 6.07) is 6.80. The fourth-order valence-corrected chi connectivity index (χ4v) is 1.38. The number of halogens is 1. The highest BCUT2D eigenvalue weighted by Crippen LogP contribution is 2.16. The average molecular weight is 226 g/mol.